The normalized spacial score (nSPS) is 16.0. The quantitative estimate of drug-likeness (QED) is 0.471. The number of hydrogen-bond acceptors (Lipinski definition) is 4. The maximum Gasteiger partial charge on any atom is 0.268 e. The zero-order valence-corrected chi connectivity index (χ0v) is 18.8. The summed E-state index contributed by atoms with van der Waals surface area (Å²) >= 11 is 0. The number of ether oxygens (including phenoxy) is 2. The third-order valence-electron chi connectivity index (χ3n) is 5.14. The van der Waals surface area contributed by atoms with Gasteiger partial charge in [0.15, 0.2) is 0 Å². The van der Waals surface area contributed by atoms with Crippen LogP contribution in [0.25, 0.3) is 0 Å². The first kappa shape index (κ1) is 21.4. The van der Waals surface area contributed by atoms with E-state index in [0.717, 1.165) is 5.56 Å². The summed E-state index contributed by atoms with van der Waals surface area (Å²) in [6.45, 7) is 7.35. The van der Waals surface area contributed by atoms with E-state index in [1.54, 1.807) is 42.5 Å². The van der Waals surface area contributed by atoms with Gasteiger partial charge < -0.3 is 9.47 Å². The molecule has 1 saturated heterocycles. The lowest BCUT2D eigenvalue weighted by atomic mass is 9.87. The van der Waals surface area contributed by atoms with E-state index in [9.17, 15) is 8.42 Å². The largest absolute Gasteiger partial charge is 0.489 e. The first-order valence-electron chi connectivity index (χ1n) is 10.3. The van der Waals surface area contributed by atoms with Gasteiger partial charge in [-0.15, -0.1) is 0 Å². The van der Waals surface area contributed by atoms with Crippen LogP contribution in [-0.2, 0) is 20.2 Å². The lowest BCUT2D eigenvalue weighted by Crippen LogP contribution is -2.27. The minimum atomic E-state index is -3.89. The van der Waals surface area contributed by atoms with Gasteiger partial charge in [0, 0.05) is 0 Å². The van der Waals surface area contributed by atoms with E-state index in [1.807, 2.05) is 36.4 Å². The summed E-state index contributed by atoms with van der Waals surface area (Å²) in [5.74, 6) is 0.506. The van der Waals surface area contributed by atoms with Crippen LogP contribution in [0.4, 0.5) is 11.4 Å². The van der Waals surface area contributed by atoms with Crippen molar-refractivity contribution >= 4 is 21.4 Å². The van der Waals surface area contributed by atoms with Gasteiger partial charge in [-0.05, 0) is 47.4 Å². The molecule has 1 aliphatic rings. The molecule has 0 aromatic heterocycles. The zero-order valence-electron chi connectivity index (χ0n) is 18.0. The predicted octanol–water partition coefficient (Wildman–Crippen LogP) is 5.29. The Morgan fingerprint density at radius 2 is 1.58 bits per heavy atom. The first-order chi connectivity index (χ1) is 14.8. The molecule has 6 heteroatoms. The Labute approximate surface area is 184 Å². The summed E-state index contributed by atoms with van der Waals surface area (Å²) in [4.78, 5) is 0.219. The van der Waals surface area contributed by atoms with Gasteiger partial charge in [0.25, 0.3) is 10.0 Å². The number of benzene rings is 3. The van der Waals surface area contributed by atoms with Crippen molar-refractivity contribution in [2.75, 3.05) is 17.5 Å². The Hall–Kier alpha value is -2.83. The zero-order chi connectivity index (χ0) is 22.1. The Balaban J connectivity index is 1.91. The molecule has 1 aliphatic heterocycles. The fourth-order valence-electron chi connectivity index (χ4n) is 3.28. The fraction of sp³-hybridized carbons (Fsp3) is 0.280. The van der Waals surface area contributed by atoms with Crippen molar-refractivity contribution in [3.63, 3.8) is 0 Å². The molecule has 0 radical (unpaired) electrons. The molecule has 5 nitrogen and oxygen atoms in total. The van der Waals surface area contributed by atoms with Crippen LogP contribution in [0.5, 0.6) is 5.75 Å². The van der Waals surface area contributed by atoms with Crippen molar-refractivity contribution in [1.82, 2.24) is 0 Å². The van der Waals surface area contributed by atoms with Gasteiger partial charge in [0.1, 0.15) is 18.5 Å². The number of nitrogens with zero attached hydrogens (tertiary/aromatic N) is 1. The van der Waals surface area contributed by atoms with Gasteiger partial charge in [0.2, 0.25) is 0 Å². The summed E-state index contributed by atoms with van der Waals surface area (Å²) in [6, 6.07) is 23.3. The van der Waals surface area contributed by atoms with Crippen LogP contribution in [0.1, 0.15) is 26.3 Å². The van der Waals surface area contributed by atoms with Crippen LogP contribution in [0.3, 0.4) is 0 Å². The molecule has 3 aromatic carbocycles. The summed E-state index contributed by atoms with van der Waals surface area (Å²) in [5, 5.41) is 0. The van der Waals surface area contributed by atoms with E-state index < -0.39 is 10.0 Å². The summed E-state index contributed by atoms with van der Waals surface area (Å²) in [6.07, 6.45) is 0.0612. The van der Waals surface area contributed by atoms with Crippen LogP contribution < -0.4 is 9.04 Å². The minimum Gasteiger partial charge on any atom is -0.489 e. The van der Waals surface area contributed by atoms with E-state index >= 15 is 0 Å². The maximum absolute atomic E-state index is 13.8. The molecule has 4 rings (SSSR count). The molecule has 0 bridgehead atoms. The van der Waals surface area contributed by atoms with Crippen molar-refractivity contribution in [2.45, 2.75) is 37.2 Å². The molecule has 0 aliphatic carbocycles. The van der Waals surface area contributed by atoms with Crippen LogP contribution >= 0.6 is 0 Å². The predicted molar refractivity (Wildman–Crippen MR) is 123 cm³/mol. The highest BCUT2D eigenvalue weighted by atomic mass is 32.2. The molecule has 1 fully saturated rings. The number of hydrogen-bond donors (Lipinski definition) is 0. The standard InChI is InChI=1S/C25H27NO4S/c1-25(2,3)19-14-15-24(30-18-21-17-29-21)23(16-19)26(20-10-6-4-7-11-20)31(27,28)22-12-8-5-9-13-22/h4-16,21H,17-18H2,1-3H3. The van der Waals surface area contributed by atoms with Crippen LogP contribution in [0.2, 0.25) is 0 Å². The van der Waals surface area contributed by atoms with E-state index in [2.05, 4.69) is 20.8 Å². The van der Waals surface area contributed by atoms with Crippen molar-refractivity contribution in [2.24, 2.45) is 0 Å². The summed E-state index contributed by atoms with van der Waals surface area (Å²) in [5.41, 5.74) is 1.89. The van der Waals surface area contributed by atoms with Crippen molar-refractivity contribution < 1.29 is 17.9 Å². The Kier molecular flexibility index (Phi) is 5.77. The molecular formula is C25H27NO4S. The van der Waals surface area contributed by atoms with Crippen LogP contribution in [0.15, 0.2) is 83.8 Å². The molecule has 0 N–H and O–H groups in total. The SMILES string of the molecule is CC(C)(C)c1ccc(OCC2CO2)c(N(c2ccccc2)S(=O)(=O)c2ccccc2)c1. The lowest BCUT2D eigenvalue weighted by molar-refractivity contribution is 0.263. The maximum atomic E-state index is 13.8. The topological polar surface area (TPSA) is 59.1 Å². The van der Waals surface area contributed by atoms with E-state index in [0.29, 0.717) is 30.3 Å². The van der Waals surface area contributed by atoms with Crippen LogP contribution in [0, 0.1) is 0 Å². The Bertz CT molecular complexity index is 1140. The fourth-order valence-corrected chi connectivity index (χ4v) is 4.79. The number of sulfonamides is 1. The molecule has 1 unspecified atom stereocenters. The smallest absolute Gasteiger partial charge is 0.268 e. The van der Waals surface area contributed by atoms with Gasteiger partial charge in [-0.1, -0.05) is 63.2 Å². The summed E-state index contributed by atoms with van der Waals surface area (Å²) in [7, 11) is -3.89. The first-order valence-corrected chi connectivity index (χ1v) is 11.8. The van der Waals surface area contributed by atoms with Crippen molar-refractivity contribution in [3.05, 3.63) is 84.4 Å². The van der Waals surface area contributed by atoms with Crippen LogP contribution in [-0.4, -0.2) is 27.7 Å². The third-order valence-corrected chi connectivity index (χ3v) is 6.90. The molecule has 0 amide bonds. The number of para-hydroxylation sites is 1. The molecule has 0 saturated carbocycles. The second-order valence-corrected chi connectivity index (χ2v) is 10.4. The van der Waals surface area contributed by atoms with Gasteiger partial charge in [-0.3, -0.25) is 0 Å². The average Bonchev–Trinajstić information content (AvgIpc) is 3.58. The highest BCUT2D eigenvalue weighted by molar-refractivity contribution is 7.93. The van der Waals surface area contributed by atoms with Gasteiger partial charge in [-0.25, -0.2) is 12.7 Å². The molecule has 0 spiro atoms. The molecular weight excluding hydrogens is 410 g/mol. The third kappa shape index (κ3) is 4.75. The second kappa shape index (κ2) is 8.36. The summed E-state index contributed by atoms with van der Waals surface area (Å²) < 4.78 is 40.4. The van der Waals surface area contributed by atoms with E-state index in [-0.39, 0.29) is 16.4 Å². The average molecular weight is 438 g/mol. The van der Waals surface area contributed by atoms with E-state index in [1.165, 1.54) is 4.31 Å². The number of epoxide rings is 1. The molecule has 3 aromatic rings. The van der Waals surface area contributed by atoms with Crippen molar-refractivity contribution in [1.29, 1.82) is 0 Å². The van der Waals surface area contributed by atoms with E-state index in [4.69, 9.17) is 9.47 Å². The van der Waals surface area contributed by atoms with Gasteiger partial charge in [-0.2, -0.15) is 0 Å². The second-order valence-electron chi connectivity index (χ2n) is 8.62. The Morgan fingerprint density at radius 1 is 0.968 bits per heavy atom. The highest BCUT2D eigenvalue weighted by Crippen LogP contribution is 2.41. The Morgan fingerprint density at radius 3 is 2.16 bits per heavy atom. The van der Waals surface area contributed by atoms with Crippen molar-refractivity contribution in [3.8, 4) is 5.75 Å². The number of anilines is 2. The minimum absolute atomic E-state index is 0.0612. The monoisotopic (exact) mass is 437 g/mol. The molecule has 162 valence electrons. The highest BCUT2D eigenvalue weighted by Gasteiger charge is 2.31. The van der Waals surface area contributed by atoms with Gasteiger partial charge in [0.05, 0.1) is 22.9 Å². The van der Waals surface area contributed by atoms with Gasteiger partial charge >= 0.3 is 0 Å². The molecule has 1 heterocycles. The molecule has 1 atom stereocenters. The lowest BCUT2D eigenvalue weighted by Gasteiger charge is -2.29. The molecule has 31 heavy (non-hydrogen) atoms. The number of rotatable bonds is 7.